The van der Waals surface area contributed by atoms with E-state index in [0.717, 1.165) is 26.2 Å². The Kier molecular flexibility index (Phi) is 4.92. The minimum absolute atomic E-state index is 0.0901. The Morgan fingerprint density at radius 2 is 2.04 bits per heavy atom. The Bertz CT molecular complexity index is 817. The molecular formula is C18H22N4O4. The van der Waals surface area contributed by atoms with Gasteiger partial charge >= 0.3 is 0 Å². The van der Waals surface area contributed by atoms with Gasteiger partial charge in [-0.2, -0.15) is 0 Å². The molecule has 3 heterocycles. The van der Waals surface area contributed by atoms with Crippen molar-refractivity contribution < 1.29 is 14.2 Å². The highest BCUT2D eigenvalue weighted by molar-refractivity contribution is 5.51. The van der Waals surface area contributed by atoms with Crippen molar-refractivity contribution in [2.24, 2.45) is 0 Å². The second kappa shape index (κ2) is 7.65. The van der Waals surface area contributed by atoms with Gasteiger partial charge < -0.3 is 29.0 Å². The predicted octanol–water partition coefficient (Wildman–Crippen LogP) is 0.503. The summed E-state index contributed by atoms with van der Waals surface area (Å²) in [4.78, 5) is 19.0. The molecule has 0 bridgehead atoms. The zero-order chi connectivity index (χ0) is 17.8. The SMILES string of the molecule is O=c1c(N2CCNCC2)nccn1CCOc1cccc2c1OCCO2. The summed E-state index contributed by atoms with van der Waals surface area (Å²) in [7, 11) is 0. The summed E-state index contributed by atoms with van der Waals surface area (Å²) in [6, 6.07) is 5.56. The standard InChI is InChI=1S/C18H22N4O4/c23-18-17(21-7-4-19-5-8-21)20-6-9-22(18)10-11-24-14-2-1-3-15-16(14)26-13-12-25-15/h1-3,6,9,19H,4-5,7-8,10-13H2. The fraction of sp³-hybridized carbons (Fsp3) is 0.444. The van der Waals surface area contributed by atoms with E-state index in [0.29, 0.717) is 49.4 Å². The lowest BCUT2D eigenvalue weighted by Crippen LogP contribution is -2.46. The smallest absolute Gasteiger partial charge is 0.293 e. The predicted molar refractivity (Wildman–Crippen MR) is 96.5 cm³/mol. The molecule has 0 spiro atoms. The molecular weight excluding hydrogens is 336 g/mol. The lowest BCUT2D eigenvalue weighted by molar-refractivity contribution is 0.161. The van der Waals surface area contributed by atoms with Crippen LogP contribution in [0.5, 0.6) is 17.2 Å². The number of ether oxygens (including phenoxy) is 3. The summed E-state index contributed by atoms with van der Waals surface area (Å²) >= 11 is 0. The molecule has 8 heteroatoms. The summed E-state index contributed by atoms with van der Waals surface area (Å²) < 4.78 is 18.7. The van der Waals surface area contributed by atoms with Gasteiger partial charge in [-0.1, -0.05) is 6.07 Å². The van der Waals surface area contributed by atoms with Crippen LogP contribution in [-0.4, -0.2) is 55.6 Å². The largest absolute Gasteiger partial charge is 0.488 e. The van der Waals surface area contributed by atoms with Crippen LogP contribution in [0.1, 0.15) is 0 Å². The highest BCUT2D eigenvalue weighted by Gasteiger charge is 2.18. The Labute approximate surface area is 151 Å². The fourth-order valence-electron chi connectivity index (χ4n) is 3.12. The molecule has 0 saturated carbocycles. The number of anilines is 1. The van der Waals surface area contributed by atoms with Gasteiger partial charge in [0.05, 0.1) is 6.54 Å². The second-order valence-electron chi connectivity index (χ2n) is 6.12. The van der Waals surface area contributed by atoms with Gasteiger partial charge in [-0.3, -0.25) is 4.79 Å². The molecule has 138 valence electrons. The van der Waals surface area contributed by atoms with Crippen LogP contribution >= 0.6 is 0 Å². The maximum atomic E-state index is 12.7. The third kappa shape index (κ3) is 3.45. The van der Waals surface area contributed by atoms with Gasteiger partial charge in [-0.25, -0.2) is 4.98 Å². The third-order valence-corrected chi connectivity index (χ3v) is 4.43. The van der Waals surface area contributed by atoms with Gasteiger partial charge in [0.15, 0.2) is 17.3 Å². The van der Waals surface area contributed by atoms with Crippen molar-refractivity contribution in [3.8, 4) is 17.2 Å². The first-order valence-corrected chi connectivity index (χ1v) is 8.85. The maximum Gasteiger partial charge on any atom is 0.293 e. The normalized spacial score (nSPS) is 16.4. The van der Waals surface area contributed by atoms with Crippen molar-refractivity contribution in [1.82, 2.24) is 14.9 Å². The van der Waals surface area contributed by atoms with Crippen LogP contribution in [0, 0.1) is 0 Å². The van der Waals surface area contributed by atoms with E-state index in [1.54, 1.807) is 17.0 Å². The van der Waals surface area contributed by atoms with E-state index in [4.69, 9.17) is 14.2 Å². The number of para-hydroxylation sites is 1. The minimum Gasteiger partial charge on any atom is -0.488 e. The van der Waals surface area contributed by atoms with E-state index in [9.17, 15) is 4.79 Å². The van der Waals surface area contributed by atoms with Crippen molar-refractivity contribution >= 4 is 5.82 Å². The number of hydrogen-bond acceptors (Lipinski definition) is 7. The van der Waals surface area contributed by atoms with Gasteiger partial charge in [-0.05, 0) is 12.1 Å². The molecule has 2 aliphatic heterocycles. The first-order chi connectivity index (χ1) is 12.8. The van der Waals surface area contributed by atoms with E-state index in [-0.39, 0.29) is 5.56 Å². The summed E-state index contributed by atoms with van der Waals surface area (Å²) in [5, 5.41) is 3.28. The van der Waals surface area contributed by atoms with Crippen LogP contribution in [0.3, 0.4) is 0 Å². The van der Waals surface area contributed by atoms with Crippen molar-refractivity contribution in [2.75, 3.05) is 50.9 Å². The Balaban J connectivity index is 1.43. The average molecular weight is 358 g/mol. The molecule has 1 N–H and O–H groups in total. The van der Waals surface area contributed by atoms with Gasteiger partial charge in [0.25, 0.3) is 5.56 Å². The monoisotopic (exact) mass is 358 g/mol. The molecule has 2 aliphatic rings. The average Bonchev–Trinajstić information content (AvgIpc) is 2.70. The molecule has 1 saturated heterocycles. The Hall–Kier alpha value is -2.74. The first kappa shape index (κ1) is 16.7. The third-order valence-electron chi connectivity index (χ3n) is 4.43. The number of hydrogen-bond donors (Lipinski definition) is 1. The molecule has 0 atom stereocenters. The lowest BCUT2D eigenvalue weighted by atomic mass is 10.3. The Morgan fingerprint density at radius 3 is 2.92 bits per heavy atom. The molecule has 1 aromatic carbocycles. The molecule has 0 unspecified atom stereocenters. The van der Waals surface area contributed by atoms with Crippen LogP contribution in [0.4, 0.5) is 5.82 Å². The molecule has 1 fully saturated rings. The summed E-state index contributed by atoms with van der Waals surface area (Å²) in [6.45, 7) is 5.13. The zero-order valence-electron chi connectivity index (χ0n) is 14.5. The van der Waals surface area contributed by atoms with E-state index < -0.39 is 0 Å². The molecule has 0 radical (unpaired) electrons. The van der Waals surface area contributed by atoms with E-state index >= 15 is 0 Å². The van der Waals surface area contributed by atoms with Gasteiger partial charge in [0, 0.05) is 38.6 Å². The molecule has 1 aromatic heterocycles. The van der Waals surface area contributed by atoms with Crippen LogP contribution in [-0.2, 0) is 6.54 Å². The van der Waals surface area contributed by atoms with E-state index in [2.05, 4.69) is 10.3 Å². The quantitative estimate of drug-likeness (QED) is 0.834. The Morgan fingerprint density at radius 1 is 1.19 bits per heavy atom. The molecule has 2 aromatic rings. The summed E-state index contributed by atoms with van der Waals surface area (Å²) in [5.74, 6) is 2.45. The van der Waals surface area contributed by atoms with E-state index in [1.807, 2.05) is 23.1 Å². The number of nitrogens with one attached hydrogen (secondary N) is 1. The van der Waals surface area contributed by atoms with Crippen LogP contribution < -0.4 is 30.0 Å². The number of rotatable bonds is 5. The lowest BCUT2D eigenvalue weighted by Gasteiger charge is -2.27. The molecule has 26 heavy (non-hydrogen) atoms. The van der Waals surface area contributed by atoms with Crippen LogP contribution in [0.15, 0.2) is 35.4 Å². The summed E-state index contributed by atoms with van der Waals surface area (Å²) in [6.07, 6.45) is 3.36. The molecule has 0 amide bonds. The van der Waals surface area contributed by atoms with Gasteiger partial charge in [-0.15, -0.1) is 0 Å². The topological polar surface area (TPSA) is 77.9 Å². The maximum absolute atomic E-state index is 12.7. The van der Waals surface area contributed by atoms with Crippen LogP contribution in [0.25, 0.3) is 0 Å². The highest BCUT2D eigenvalue weighted by atomic mass is 16.6. The van der Waals surface area contributed by atoms with Gasteiger partial charge in [0.2, 0.25) is 5.75 Å². The van der Waals surface area contributed by atoms with Gasteiger partial charge in [0.1, 0.15) is 19.8 Å². The first-order valence-electron chi connectivity index (χ1n) is 8.85. The second-order valence-corrected chi connectivity index (χ2v) is 6.12. The van der Waals surface area contributed by atoms with Crippen molar-refractivity contribution in [3.05, 3.63) is 40.9 Å². The molecule has 4 rings (SSSR count). The minimum atomic E-state index is -0.0901. The molecule has 8 nitrogen and oxygen atoms in total. The van der Waals surface area contributed by atoms with Crippen molar-refractivity contribution in [3.63, 3.8) is 0 Å². The van der Waals surface area contributed by atoms with Crippen LogP contribution in [0.2, 0.25) is 0 Å². The molecule has 0 aliphatic carbocycles. The van der Waals surface area contributed by atoms with E-state index in [1.165, 1.54) is 0 Å². The zero-order valence-corrected chi connectivity index (χ0v) is 14.5. The summed E-state index contributed by atoms with van der Waals surface area (Å²) in [5.41, 5.74) is -0.0901. The fourth-order valence-corrected chi connectivity index (χ4v) is 3.12. The number of nitrogens with zero attached hydrogens (tertiary/aromatic N) is 3. The van der Waals surface area contributed by atoms with Crippen molar-refractivity contribution in [2.45, 2.75) is 6.54 Å². The number of fused-ring (bicyclic) bond motifs is 1. The number of benzene rings is 1. The number of piperazine rings is 1. The van der Waals surface area contributed by atoms with Crippen molar-refractivity contribution in [1.29, 1.82) is 0 Å². The highest BCUT2D eigenvalue weighted by Crippen LogP contribution is 2.38. The number of aromatic nitrogens is 2.